The number of aromatic amines is 1. The smallest absolute Gasteiger partial charge is 0.264 e. The Labute approximate surface area is 106 Å². The normalized spacial score (nSPS) is 10.5. The van der Waals surface area contributed by atoms with Gasteiger partial charge in [-0.15, -0.1) is 0 Å². The Morgan fingerprint density at radius 1 is 1.35 bits per heavy atom. The topological polar surface area (TPSA) is 92.0 Å². The summed E-state index contributed by atoms with van der Waals surface area (Å²) in [4.78, 5) is 17.5. The van der Waals surface area contributed by atoms with Crippen LogP contribution < -0.4 is 11.3 Å². The molecule has 1 heterocycles. The lowest BCUT2D eigenvalue weighted by molar-refractivity contribution is 0.454. The van der Waals surface area contributed by atoms with Crippen molar-refractivity contribution < 1.29 is 5.11 Å². The molecule has 0 aliphatic carbocycles. The minimum absolute atomic E-state index is 0.0409. The van der Waals surface area contributed by atoms with E-state index in [1.54, 1.807) is 6.07 Å². The maximum atomic E-state index is 11.7. The van der Waals surface area contributed by atoms with Crippen LogP contribution in [0.15, 0.2) is 23.0 Å². The summed E-state index contributed by atoms with van der Waals surface area (Å²) < 4.78 is 0. The second-order valence-corrected chi connectivity index (χ2v) is 4.12. The largest absolute Gasteiger partial charge is 0.493 e. The summed E-state index contributed by atoms with van der Waals surface area (Å²) >= 11 is 11.7. The van der Waals surface area contributed by atoms with E-state index in [9.17, 15) is 9.90 Å². The fraction of sp³-hybridized carbons (Fsp3) is 0. The average molecular weight is 272 g/mol. The van der Waals surface area contributed by atoms with E-state index >= 15 is 0 Å². The zero-order valence-electron chi connectivity index (χ0n) is 8.37. The third-order valence-corrected chi connectivity index (χ3v) is 2.67. The van der Waals surface area contributed by atoms with Crippen LogP contribution in [0.3, 0.4) is 0 Å². The van der Waals surface area contributed by atoms with Gasteiger partial charge in [0, 0.05) is 10.6 Å². The first-order valence-electron chi connectivity index (χ1n) is 4.53. The van der Waals surface area contributed by atoms with Crippen molar-refractivity contribution in [2.24, 2.45) is 0 Å². The van der Waals surface area contributed by atoms with Gasteiger partial charge in [-0.1, -0.05) is 29.3 Å². The van der Waals surface area contributed by atoms with Crippen molar-refractivity contribution in [3.63, 3.8) is 0 Å². The quantitative estimate of drug-likeness (QED) is 0.740. The summed E-state index contributed by atoms with van der Waals surface area (Å²) in [5, 5.41) is 10.3. The molecule has 0 spiro atoms. The first-order valence-corrected chi connectivity index (χ1v) is 5.29. The van der Waals surface area contributed by atoms with E-state index in [1.807, 2.05) is 0 Å². The third-order valence-electron chi connectivity index (χ3n) is 2.12. The van der Waals surface area contributed by atoms with Gasteiger partial charge < -0.3 is 10.8 Å². The molecule has 0 amide bonds. The van der Waals surface area contributed by atoms with Crippen LogP contribution in [0.4, 0.5) is 5.95 Å². The number of halogens is 2. The summed E-state index contributed by atoms with van der Waals surface area (Å²) in [6.07, 6.45) is 0. The van der Waals surface area contributed by atoms with Crippen LogP contribution in [0.2, 0.25) is 10.0 Å². The van der Waals surface area contributed by atoms with Crippen molar-refractivity contribution in [3.8, 4) is 17.0 Å². The molecule has 88 valence electrons. The zero-order valence-corrected chi connectivity index (χ0v) is 9.88. The lowest BCUT2D eigenvalue weighted by Gasteiger charge is -2.06. The molecule has 0 bridgehead atoms. The Balaban J connectivity index is 2.73. The fourth-order valence-corrected chi connectivity index (χ4v) is 1.92. The number of nitrogens with zero attached hydrogens (tertiary/aromatic N) is 1. The molecule has 17 heavy (non-hydrogen) atoms. The monoisotopic (exact) mass is 271 g/mol. The van der Waals surface area contributed by atoms with E-state index < -0.39 is 11.4 Å². The molecule has 0 saturated carbocycles. The van der Waals surface area contributed by atoms with Crippen molar-refractivity contribution in [3.05, 3.63) is 38.6 Å². The molecule has 5 nitrogen and oxygen atoms in total. The van der Waals surface area contributed by atoms with Crippen molar-refractivity contribution >= 4 is 29.2 Å². The Bertz CT molecular complexity index is 640. The molecule has 0 fully saturated rings. The molecule has 1 aromatic heterocycles. The Hall–Kier alpha value is -1.72. The van der Waals surface area contributed by atoms with Crippen LogP contribution in [-0.4, -0.2) is 15.1 Å². The van der Waals surface area contributed by atoms with Crippen LogP contribution in [0.1, 0.15) is 0 Å². The molecule has 1 aromatic carbocycles. The number of hydrogen-bond donors (Lipinski definition) is 3. The van der Waals surface area contributed by atoms with Crippen molar-refractivity contribution in [1.29, 1.82) is 0 Å². The Kier molecular flexibility index (Phi) is 2.95. The average Bonchev–Trinajstić information content (AvgIpc) is 2.19. The van der Waals surface area contributed by atoms with Crippen molar-refractivity contribution in [2.45, 2.75) is 0 Å². The fourth-order valence-electron chi connectivity index (χ4n) is 1.41. The number of nitrogens with two attached hydrogens (primary N) is 1. The highest BCUT2D eigenvalue weighted by molar-refractivity contribution is 6.36. The first-order chi connectivity index (χ1) is 7.99. The highest BCUT2D eigenvalue weighted by Crippen LogP contribution is 2.32. The number of H-pyrrole nitrogens is 1. The lowest BCUT2D eigenvalue weighted by atomic mass is 10.1. The van der Waals surface area contributed by atoms with E-state index in [0.29, 0.717) is 10.6 Å². The van der Waals surface area contributed by atoms with Crippen LogP contribution in [0.5, 0.6) is 5.88 Å². The van der Waals surface area contributed by atoms with Gasteiger partial charge in [-0.2, -0.15) is 4.98 Å². The van der Waals surface area contributed by atoms with Crippen LogP contribution in [-0.2, 0) is 0 Å². The van der Waals surface area contributed by atoms with E-state index in [-0.39, 0.29) is 16.5 Å². The summed E-state index contributed by atoms with van der Waals surface area (Å²) in [6, 6.07) is 4.54. The number of nitrogens with one attached hydrogen (secondary N) is 1. The molecular formula is C10H7Cl2N3O2. The van der Waals surface area contributed by atoms with E-state index in [1.165, 1.54) is 12.1 Å². The summed E-state index contributed by atoms with van der Waals surface area (Å²) in [5.74, 6) is -0.642. The summed E-state index contributed by atoms with van der Waals surface area (Å²) in [5.41, 5.74) is 5.01. The van der Waals surface area contributed by atoms with E-state index in [2.05, 4.69) is 9.97 Å². The zero-order chi connectivity index (χ0) is 12.6. The molecule has 0 aliphatic rings. The van der Waals surface area contributed by atoms with Gasteiger partial charge in [-0.3, -0.25) is 9.78 Å². The van der Waals surface area contributed by atoms with Gasteiger partial charge in [0.25, 0.3) is 5.56 Å². The molecule has 0 unspecified atom stereocenters. The molecule has 7 heteroatoms. The molecule has 0 aliphatic heterocycles. The Morgan fingerprint density at radius 2 is 2.06 bits per heavy atom. The molecule has 0 radical (unpaired) electrons. The van der Waals surface area contributed by atoms with Gasteiger partial charge >= 0.3 is 0 Å². The lowest BCUT2D eigenvalue weighted by Crippen LogP contribution is -2.13. The highest BCUT2D eigenvalue weighted by Gasteiger charge is 2.15. The molecule has 2 rings (SSSR count). The third kappa shape index (κ3) is 2.20. The Morgan fingerprint density at radius 3 is 2.65 bits per heavy atom. The number of rotatable bonds is 1. The number of hydrogen-bond acceptors (Lipinski definition) is 4. The van der Waals surface area contributed by atoms with Gasteiger partial charge in [0.05, 0.1) is 5.02 Å². The van der Waals surface area contributed by atoms with Gasteiger partial charge in [-0.25, -0.2) is 0 Å². The molecule has 4 N–H and O–H groups in total. The highest BCUT2D eigenvalue weighted by atomic mass is 35.5. The van der Waals surface area contributed by atoms with Gasteiger partial charge in [-0.05, 0) is 12.1 Å². The number of benzene rings is 1. The molecular weight excluding hydrogens is 265 g/mol. The van der Waals surface area contributed by atoms with Crippen LogP contribution >= 0.6 is 23.2 Å². The van der Waals surface area contributed by atoms with Crippen molar-refractivity contribution in [1.82, 2.24) is 9.97 Å². The number of anilines is 1. The minimum Gasteiger partial charge on any atom is -0.493 e. The number of nitrogen functional groups attached to an aromatic ring is 1. The number of aromatic nitrogens is 2. The van der Waals surface area contributed by atoms with Gasteiger partial charge in [0.15, 0.2) is 0 Å². The van der Waals surface area contributed by atoms with Gasteiger partial charge in [0.1, 0.15) is 5.56 Å². The summed E-state index contributed by atoms with van der Waals surface area (Å²) in [6.45, 7) is 0. The minimum atomic E-state index is -0.570. The van der Waals surface area contributed by atoms with E-state index in [4.69, 9.17) is 28.9 Å². The maximum absolute atomic E-state index is 11.7. The SMILES string of the molecule is Nc1nc(O)c(-c2ccc(Cl)cc2Cl)c(=O)[nH]1. The maximum Gasteiger partial charge on any atom is 0.264 e. The molecule has 2 aromatic rings. The van der Waals surface area contributed by atoms with Crippen LogP contribution in [0.25, 0.3) is 11.1 Å². The second kappa shape index (κ2) is 4.27. The van der Waals surface area contributed by atoms with Crippen LogP contribution in [0, 0.1) is 0 Å². The first kappa shape index (κ1) is 11.8. The number of aromatic hydroxyl groups is 1. The van der Waals surface area contributed by atoms with Crippen molar-refractivity contribution in [2.75, 3.05) is 5.73 Å². The standard InChI is InChI=1S/C10H7Cl2N3O2/c11-4-1-2-5(6(12)3-4)7-8(16)14-10(13)15-9(7)17/h1-3H,(H4,13,14,15,16,17). The predicted molar refractivity (Wildman–Crippen MR) is 66.4 cm³/mol. The molecule has 0 atom stereocenters. The second-order valence-electron chi connectivity index (χ2n) is 3.27. The van der Waals surface area contributed by atoms with Gasteiger partial charge in [0.2, 0.25) is 11.8 Å². The van der Waals surface area contributed by atoms with E-state index in [0.717, 1.165) is 0 Å². The molecule has 0 saturated heterocycles. The summed E-state index contributed by atoms with van der Waals surface area (Å²) in [7, 11) is 0. The predicted octanol–water partition coefficient (Wildman–Crippen LogP) is 2.03.